The zero-order valence-electron chi connectivity index (χ0n) is 19.3. The van der Waals surface area contributed by atoms with E-state index in [-0.39, 0.29) is 30.3 Å². The second kappa shape index (κ2) is 11.2. The van der Waals surface area contributed by atoms with Crippen LogP contribution in [0.25, 0.3) is 0 Å². The van der Waals surface area contributed by atoms with Gasteiger partial charge in [0.25, 0.3) is 5.91 Å². The topological polar surface area (TPSA) is 109 Å². The van der Waals surface area contributed by atoms with Gasteiger partial charge in [0, 0.05) is 37.8 Å². The lowest BCUT2D eigenvalue weighted by atomic mass is 10.1. The Bertz CT molecular complexity index is 795. The normalized spacial score (nSPS) is 22.5. The van der Waals surface area contributed by atoms with E-state index in [2.05, 4.69) is 10.3 Å². The Balaban J connectivity index is 1.46. The molecule has 2 aliphatic heterocycles. The van der Waals surface area contributed by atoms with Crippen LogP contribution in [0.4, 0.5) is 4.79 Å². The fourth-order valence-electron chi connectivity index (χ4n) is 4.13. The number of piperidine rings is 1. The first kappa shape index (κ1) is 23.8. The number of likely N-dealkylation sites (tertiary alicyclic amines) is 1. The maximum atomic E-state index is 12.8. The number of hydrogen-bond acceptors (Lipinski definition) is 5. The highest BCUT2D eigenvalue weighted by molar-refractivity contribution is 5.94. The van der Waals surface area contributed by atoms with E-state index in [0.29, 0.717) is 50.9 Å². The van der Waals surface area contributed by atoms with Gasteiger partial charge in [-0.25, -0.2) is 9.79 Å². The van der Waals surface area contributed by atoms with Crippen molar-refractivity contribution in [3.8, 4) is 0 Å². The van der Waals surface area contributed by atoms with E-state index in [4.69, 9.17) is 15.2 Å². The summed E-state index contributed by atoms with van der Waals surface area (Å²) in [6.45, 7) is 9.09. The third-order valence-electron chi connectivity index (χ3n) is 5.71. The summed E-state index contributed by atoms with van der Waals surface area (Å²) >= 11 is 0. The molecule has 9 heteroatoms. The maximum Gasteiger partial charge on any atom is 0.409 e. The molecule has 176 valence electrons. The van der Waals surface area contributed by atoms with Crippen molar-refractivity contribution < 1.29 is 19.1 Å². The highest BCUT2D eigenvalue weighted by Gasteiger charge is 2.26. The van der Waals surface area contributed by atoms with Crippen LogP contribution >= 0.6 is 0 Å². The fraction of sp³-hybridized carbons (Fsp3) is 0.609. The molecule has 2 aliphatic rings. The summed E-state index contributed by atoms with van der Waals surface area (Å²) in [6.07, 6.45) is 1.43. The molecule has 0 saturated carbocycles. The van der Waals surface area contributed by atoms with Crippen molar-refractivity contribution in [3.63, 3.8) is 0 Å². The molecule has 2 amide bonds. The average Bonchev–Trinajstić information content (AvgIpc) is 2.77. The molecule has 1 aromatic rings. The lowest BCUT2D eigenvalue weighted by Gasteiger charge is -2.35. The van der Waals surface area contributed by atoms with Crippen LogP contribution in [0.2, 0.25) is 0 Å². The van der Waals surface area contributed by atoms with Crippen LogP contribution in [-0.4, -0.2) is 78.8 Å². The third-order valence-corrected chi connectivity index (χ3v) is 5.71. The molecular weight excluding hydrogens is 410 g/mol. The van der Waals surface area contributed by atoms with E-state index in [1.165, 1.54) is 0 Å². The quantitative estimate of drug-likeness (QED) is 0.530. The predicted molar refractivity (Wildman–Crippen MR) is 122 cm³/mol. The third kappa shape index (κ3) is 6.59. The second-order valence-electron chi connectivity index (χ2n) is 8.47. The number of rotatable bonds is 5. The number of morpholine rings is 1. The number of nitrogens with one attached hydrogen (secondary N) is 1. The molecule has 2 heterocycles. The number of carbonyl (C=O) groups excluding carboxylic acids is 2. The molecule has 1 aromatic carbocycles. The number of benzene rings is 1. The van der Waals surface area contributed by atoms with Crippen LogP contribution in [-0.2, 0) is 16.0 Å². The largest absolute Gasteiger partial charge is 0.450 e. The van der Waals surface area contributed by atoms with Crippen molar-refractivity contribution in [2.75, 3.05) is 32.8 Å². The lowest BCUT2D eigenvalue weighted by Crippen LogP contribution is -2.48. The summed E-state index contributed by atoms with van der Waals surface area (Å²) in [5, 5.41) is 3.24. The number of ether oxygens (including phenoxy) is 2. The van der Waals surface area contributed by atoms with Crippen LogP contribution in [0.1, 0.15) is 49.5 Å². The molecule has 3 rings (SSSR count). The van der Waals surface area contributed by atoms with Crippen molar-refractivity contribution in [2.45, 2.75) is 58.4 Å². The highest BCUT2D eigenvalue weighted by Crippen LogP contribution is 2.15. The van der Waals surface area contributed by atoms with E-state index < -0.39 is 0 Å². The molecular formula is C23H35N5O4. The number of hydrogen-bond donors (Lipinski definition) is 2. The van der Waals surface area contributed by atoms with E-state index in [0.717, 1.165) is 18.4 Å². The first-order valence-electron chi connectivity index (χ1n) is 11.4. The summed E-state index contributed by atoms with van der Waals surface area (Å²) in [7, 11) is 0. The minimum absolute atomic E-state index is 0.0254. The monoisotopic (exact) mass is 445 g/mol. The first-order valence-corrected chi connectivity index (χ1v) is 11.4. The van der Waals surface area contributed by atoms with Crippen molar-refractivity contribution in [3.05, 3.63) is 35.4 Å². The van der Waals surface area contributed by atoms with Crippen molar-refractivity contribution in [2.24, 2.45) is 10.7 Å². The fourth-order valence-corrected chi connectivity index (χ4v) is 4.13. The van der Waals surface area contributed by atoms with Crippen LogP contribution in [0.3, 0.4) is 0 Å². The molecule has 2 fully saturated rings. The van der Waals surface area contributed by atoms with Gasteiger partial charge in [-0.1, -0.05) is 12.1 Å². The van der Waals surface area contributed by atoms with Gasteiger partial charge in [-0.2, -0.15) is 0 Å². The zero-order valence-corrected chi connectivity index (χ0v) is 19.3. The highest BCUT2D eigenvalue weighted by atomic mass is 16.6. The van der Waals surface area contributed by atoms with Gasteiger partial charge in [-0.05, 0) is 51.3 Å². The molecule has 0 spiro atoms. The van der Waals surface area contributed by atoms with Crippen molar-refractivity contribution in [1.82, 2.24) is 15.1 Å². The average molecular weight is 446 g/mol. The van der Waals surface area contributed by atoms with Gasteiger partial charge >= 0.3 is 6.09 Å². The summed E-state index contributed by atoms with van der Waals surface area (Å²) in [5.41, 5.74) is 7.70. The van der Waals surface area contributed by atoms with Crippen molar-refractivity contribution in [1.29, 1.82) is 0 Å². The van der Waals surface area contributed by atoms with Crippen LogP contribution in [0.5, 0.6) is 0 Å². The Labute approximate surface area is 189 Å². The molecule has 2 saturated heterocycles. The Kier molecular flexibility index (Phi) is 8.33. The van der Waals surface area contributed by atoms with Gasteiger partial charge in [0.15, 0.2) is 5.96 Å². The van der Waals surface area contributed by atoms with Gasteiger partial charge in [-0.3, -0.25) is 4.79 Å². The Morgan fingerprint density at radius 2 is 1.75 bits per heavy atom. The summed E-state index contributed by atoms with van der Waals surface area (Å²) in [4.78, 5) is 32.5. The Morgan fingerprint density at radius 3 is 2.34 bits per heavy atom. The molecule has 9 nitrogen and oxygen atoms in total. The standard InChI is InChI=1S/C23H35N5O4/c1-4-31-23(30)27-11-9-20(10-12-27)26-22(24)25-13-18-5-7-19(8-6-18)21(29)28-14-16(2)32-17(3)15-28/h5-8,16-17,20H,4,9-15H2,1-3H3,(H3,24,25,26). The number of amides is 2. The summed E-state index contributed by atoms with van der Waals surface area (Å²) in [6, 6.07) is 7.69. The molecule has 0 radical (unpaired) electrons. The van der Waals surface area contributed by atoms with Crippen LogP contribution in [0.15, 0.2) is 29.3 Å². The zero-order chi connectivity index (χ0) is 23.1. The molecule has 0 bridgehead atoms. The van der Waals surface area contributed by atoms with Gasteiger partial charge in [0.1, 0.15) is 0 Å². The maximum absolute atomic E-state index is 12.8. The Hall–Kier alpha value is -2.81. The van der Waals surface area contributed by atoms with Gasteiger partial charge in [0.05, 0.1) is 25.4 Å². The Morgan fingerprint density at radius 1 is 1.12 bits per heavy atom. The predicted octanol–water partition coefficient (Wildman–Crippen LogP) is 1.96. The van der Waals surface area contributed by atoms with Gasteiger partial charge in [-0.15, -0.1) is 0 Å². The molecule has 3 N–H and O–H groups in total. The molecule has 0 aromatic heterocycles. The minimum atomic E-state index is -0.257. The van der Waals surface area contributed by atoms with Gasteiger partial charge in [0.2, 0.25) is 0 Å². The smallest absolute Gasteiger partial charge is 0.409 e. The number of carbonyl (C=O) groups is 2. The first-order chi connectivity index (χ1) is 15.4. The van der Waals surface area contributed by atoms with E-state index >= 15 is 0 Å². The SMILES string of the molecule is CCOC(=O)N1CCC(NC(N)=NCc2ccc(C(=O)N3CC(C)OC(C)C3)cc2)CC1. The number of aliphatic imine (C=N–C) groups is 1. The van der Waals surface area contributed by atoms with E-state index in [1.807, 2.05) is 43.0 Å². The number of nitrogens with two attached hydrogens (primary N) is 1. The van der Waals surface area contributed by atoms with Crippen LogP contribution in [0, 0.1) is 0 Å². The van der Waals surface area contributed by atoms with Crippen molar-refractivity contribution >= 4 is 18.0 Å². The number of nitrogens with zero attached hydrogens (tertiary/aromatic N) is 3. The van der Waals surface area contributed by atoms with E-state index in [1.54, 1.807) is 11.8 Å². The second-order valence-corrected chi connectivity index (χ2v) is 8.47. The summed E-state index contributed by atoms with van der Waals surface area (Å²) in [5.74, 6) is 0.411. The molecule has 2 unspecified atom stereocenters. The van der Waals surface area contributed by atoms with Crippen LogP contribution < -0.4 is 11.1 Å². The molecule has 32 heavy (non-hydrogen) atoms. The number of guanidine groups is 1. The summed E-state index contributed by atoms with van der Waals surface area (Å²) < 4.78 is 10.7. The van der Waals surface area contributed by atoms with Gasteiger partial charge < -0.3 is 30.3 Å². The lowest BCUT2D eigenvalue weighted by molar-refractivity contribution is -0.0586. The van der Waals surface area contributed by atoms with E-state index in [9.17, 15) is 9.59 Å². The molecule has 2 atom stereocenters. The minimum Gasteiger partial charge on any atom is -0.450 e. The molecule has 0 aliphatic carbocycles.